The lowest BCUT2D eigenvalue weighted by Crippen LogP contribution is -2.44. The first kappa shape index (κ1) is 23.6. The highest BCUT2D eigenvalue weighted by atomic mass is 79.9. The number of benzene rings is 2. The molecule has 0 spiro atoms. The second-order valence-corrected chi connectivity index (χ2v) is 8.94. The summed E-state index contributed by atoms with van der Waals surface area (Å²) in [5.41, 5.74) is 3.80. The van der Waals surface area contributed by atoms with E-state index in [0.29, 0.717) is 41.5 Å². The second-order valence-electron chi connectivity index (χ2n) is 8.02. The molecule has 5 rings (SSSR count). The maximum Gasteiger partial charge on any atom is 0.280 e. The summed E-state index contributed by atoms with van der Waals surface area (Å²) < 4.78 is 2.06. The third-order valence-corrected chi connectivity index (χ3v) is 6.06. The van der Waals surface area contributed by atoms with E-state index in [1.54, 1.807) is 31.2 Å². The Morgan fingerprint density at radius 2 is 1.75 bits per heavy atom. The number of halogens is 1. The van der Waals surface area contributed by atoms with E-state index in [-0.39, 0.29) is 23.1 Å². The van der Waals surface area contributed by atoms with Crippen molar-refractivity contribution in [3.8, 4) is 0 Å². The standard InChI is InChI=1S/C22H21BrN10O3/c1-13-25-18-7-2-14(23)12-17(18)19(34)32(13)30-21-27-20(26-15-3-5-16(6-4-15)33(35)36)28-22(29-21)31-10-8-24-9-11-31/h2-7,12,24H,8-11H2,1H3,(H2,26,27,28,29,30). The predicted molar refractivity (Wildman–Crippen MR) is 139 cm³/mol. The van der Waals surface area contributed by atoms with E-state index >= 15 is 0 Å². The number of hydrogen-bond acceptors (Lipinski definition) is 11. The fraction of sp³-hybridized carbons (Fsp3) is 0.227. The number of rotatable bonds is 6. The van der Waals surface area contributed by atoms with E-state index in [0.717, 1.165) is 17.6 Å². The van der Waals surface area contributed by atoms with Crippen molar-refractivity contribution < 1.29 is 4.92 Å². The molecule has 1 aliphatic rings. The van der Waals surface area contributed by atoms with Gasteiger partial charge in [-0.05, 0) is 37.3 Å². The summed E-state index contributed by atoms with van der Waals surface area (Å²) in [6.07, 6.45) is 0. The van der Waals surface area contributed by atoms with Crippen molar-refractivity contribution in [2.24, 2.45) is 0 Å². The van der Waals surface area contributed by atoms with Gasteiger partial charge in [0.1, 0.15) is 5.82 Å². The first-order chi connectivity index (χ1) is 17.4. The number of nitro benzene ring substituents is 1. The summed E-state index contributed by atoms with van der Waals surface area (Å²) in [6.45, 7) is 4.67. The SMILES string of the molecule is Cc1nc2ccc(Br)cc2c(=O)n1Nc1nc(Nc2ccc([N+](=O)[O-])cc2)nc(N2CCNCC2)n1. The van der Waals surface area contributed by atoms with Gasteiger partial charge in [0.15, 0.2) is 0 Å². The number of nitro groups is 1. The van der Waals surface area contributed by atoms with Crippen molar-refractivity contribution in [3.63, 3.8) is 0 Å². The lowest BCUT2D eigenvalue weighted by molar-refractivity contribution is -0.384. The molecule has 0 atom stereocenters. The summed E-state index contributed by atoms with van der Waals surface area (Å²) in [6, 6.07) is 11.2. The van der Waals surface area contributed by atoms with Crippen molar-refractivity contribution in [1.29, 1.82) is 0 Å². The average Bonchev–Trinajstić information content (AvgIpc) is 2.88. The molecule has 36 heavy (non-hydrogen) atoms. The fourth-order valence-electron chi connectivity index (χ4n) is 3.77. The molecule has 0 saturated carbocycles. The maximum absolute atomic E-state index is 13.2. The lowest BCUT2D eigenvalue weighted by atomic mass is 10.2. The Hall–Kier alpha value is -4.17. The molecular weight excluding hydrogens is 532 g/mol. The Labute approximate surface area is 212 Å². The fourth-order valence-corrected chi connectivity index (χ4v) is 4.13. The van der Waals surface area contributed by atoms with Gasteiger partial charge in [-0.1, -0.05) is 15.9 Å². The van der Waals surface area contributed by atoms with Gasteiger partial charge in [0.2, 0.25) is 17.8 Å². The largest absolute Gasteiger partial charge is 0.338 e. The summed E-state index contributed by atoms with van der Waals surface area (Å²) in [5, 5.41) is 17.7. The second kappa shape index (κ2) is 9.83. The Morgan fingerprint density at radius 3 is 2.47 bits per heavy atom. The number of non-ortho nitro benzene ring substituents is 1. The monoisotopic (exact) mass is 552 g/mol. The van der Waals surface area contributed by atoms with Crippen molar-refractivity contribution >= 4 is 56.1 Å². The van der Waals surface area contributed by atoms with Gasteiger partial charge in [0, 0.05) is 48.5 Å². The molecule has 1 fully saturated rings. The van der Waals surface area contributed by atoms with Gasteiger partial charge in [-0.25, -0.2) is 9.66 Å². The van der Waals surface area contributed by atoms with E-state index in [9.17, 15) is 14.9 Å². The van der Waals surface area contributed by atoms with Crippen molar-refractivity contribution in [3.05, 3.63) is 73.2 Å². The number of nitrogens with zero attached hydrogens (tertiary/aromatic N) is 7. The average molecular weight is 553 g/mol. The van der Waals surface area contributed by atoms with Crippen LogP contribution in [0.1, 0.15) is 5.82 Å². The van der Waals surface area contributed by atoms with Crippen LogP contribution in [0.3, 0.4) is 0 Å². The lowest BCUT2D eigenvalue weighted by Gasteiger charge is -2.27. The number of anilines is 4. The van der Waals surface area contributed by atoms with Crippen LogP contribution in [0, 0.1) is 17.0 Å². The minimum atomic E-state index is -0.465. The van der Waals surface area contributed by atoms with E-state index in [1.165, 1.54) is 16.8 Å². The predicted octanol–water partition coefficient (Wildman–Crippen LogP) is 2.59. The van der Waals surface area contributed by atoms with Crippen molar-refractivity contribution in [1.82, 2.24) is 29.9 Å². The van der Waals surface area contributed by atoms with Crippen LogP contribution in [-0.2, 0) is 0 Å². The first-order valence-corrected chi connectivity index (χ1v) is 11.9. The Kier molecular flexibility index (Phi) is 6.43. The number of piperazine rings is 1. The van der Waals surface area contributed by atoms with Gasteiger partial charge >= 0.3 is 0 Å². The van der Waals surface area contributed by atoms with Gasteiger partial charge in [-0.2, -0.15) is 15.0 Å². The normalized spacial score (nSPS) is 13.6. The van der Waals surface area contributed by atoms with E-state index in [1.807, 2.05) is 11.0 Å². The zero-order valence-corrected chi connectivity index (χ0v) is 20.7. The Bertz CT molecular complexity index is 1500. The van der Waals surface area contributed by atoms with Gasteiger partial charge in [-0.15, -0.1) is 0 Å². The summed E-state index contributed by atoms with van der Waals surface area (Å²) in [4.78, 5) is 43.8. The first-order valence-electron chi connectivity index (χ1n) is 11.1. The maximum atomic E-state index is 13.2. The minimum absolute atomic E-state index is 0.0228. The van der Waals surface area contributed by atoms with Crippen molar-refractivity contribution in [2.75, 3.05) is 41.8 Å². The van der Waals surface area contributed by atoms with Crippen LogP contribution >= 0.6 is 15.9 Å². The molecule has 1 aliphatic heterocycles. The molecule has 0 unspecified atom stereocenters. The van der Waals surface area contributed by atoms with Gasteiger partial charge < -0.3 is 15.5 Å². The summed E-state index contributed by atoms with van der Waals surface area (Å²) in [7, 11) is 0. The van der Waals surface area contributed by atoms with Gasteiger partial charge in [0.25, 0.3) is 11.2 Å². The summed E-state index contributed by atoms with van der Waals surface area (Å²) >= 11 is 3.40. The quantitative estimate of drug-likeness (QED) is 0.238. The molecule has 0 radical (unpaired) electrons. The number of nitrogens with one attached hydrogen (secondary N) is 3. The molecule has 1 saturated heterocycles. The molecule has 3 N–H and O–H groups in total. The van der Waals surface area contributed by atoms with Crippen LogP contribution in [0.25, 0.3) is 10.9 Å². The highest BCUT2D eigenvalue weighted by Crippen LogP contribution is 2.21. The third-order valence-electron chi connectivity index (χ3n) is 5.57. The van der Waals surface area contributed by atoms with Crippen LogP contribution in [0.15, 0.2) is 51.7 Å². The molecule has 0 amide bonds. The molecule has 0 bridgehead atoms. The molecule has 2 aromatic heterocycles. The third kappa shape index (κ3) is 4.94. The van der Waals surface area contributed by atoms with E-state index in [4.69, 9.17) is 0 Å². The highest BCUT2D eigenvalue weighted by Gasteiger charge is 2.18. The molecule has 14 heteroatoms. The highest BCUT2D eigenvalue weighted by molar-refractivity contribution is 9.10. The van der Waals surface area contributed by atoms with E-state index in [2.05, 4.69) is 51.9 Å². The molecular formula is C22H21BrN10O3. The van der Waals surface area contributed by atoms with Crippen LogP contribution in [0.2, 0.25) is 0 Å². The van der Waals surface area contributed by atoms with Crippen LogP contribution in [-0.4, -0.2) is 55.7 Å². The number of aromatic nitrogens is 5. The zero-order chi connectivity index (χ0) is 25.2. The van der Waals surface area contributed by atoms with Crippen molar-refractivity contribution in [2.45, 2.75) is 6.92 Å². The van der Waals surface area contributed by atoms with Gasteiger partial charge in [-0.3, -0.25) is 20.3 Å². The Balaban J connectivity index is 1.53. The number of aryl methyl sites for hydroxylation is 1. The van der Waals surface area contributed by atoms with Crippen LogP contribution in [0.4, 0.5) is 29.2 Å². The zero-order valence-electron chi connectivity index (χ0n) is 19.1. The number of hydrogen-bond donors (Lipinski definition) is 3. The summed E-state index contributed by atoms with van der Waals surface area (Å²) in [5.74, 6) is 1.23. The Morgan fingerprint density at radius 1 is 1.03 bits per heavy atom. The van der Waals surface area contributed by atoms with Crippen LogP contribution < -0.4 is 26.5 Å². The molecule has 13 nitrogen and oxygen atoms in total. The van der Waals surface area contributed by atoms with Gasteiger partial charge in [0.05, 0.1) is 15.8 Å². The van der Waals surface area contributed by atoms with Crippen LogP contribution in [0.5, 0.6) is 0 Å². The topological polar surface area (TPSA) is 156 Å². The smallest absolute Gasteiger partial charge is 0.280 e. The number of fused-ring (bicyclic) bond motifs is 1. The van der Waals surface area contributed by atoms with E-state index < -0.39 is 4.92 Å². The molecule has 184 valence electrons. The minimum Gasteiger partial charge on any atom is -0.338 e. The molecule has 0 aliphatic carbocycles. The molecule has 3 heterocycles. The molecule has 4 aromatic rings. The molecule has 2 aromatic carbocycles.